The highest BCUT2D eigenvalue weighted by molar-refractivity contribution is 6.30. The van der Waals surface area contributed by atoms with Crippen molar-refractivity contribution in [3.8, 4) is 11.8 Å². The first kappa shape index (κ1) is 10.7. The van der Waals surface area contributed by atoms with Crippen LogP contribution in [0.3, 0.4) is 0 Å². The molecule has 74 valence electrons. The zero-order valence-electron chi connectivity index (χ0n) is 7.22. The summed E-state index contributed by atoms with van der Waals surface area (Å²) in [5.74, 6) is -0.0657. The average molecular weight is 218 g/mol. The van der Waals surface area contributed by atoms with E-state index < -0.39 is 6.61 Å². The van der Waals surface area contributed by atoms with Crippen LogP contribution in [0.1, 0.15) is 11.1 Å². The van der Waals surface area contributed by atoms with Gasteiger partial charge in [-0.2, -0.15) is 14.0 Å². The van der Waals surface area contributed by atoms with Crippen molar-refractivity contribution in [1.29, 1.82) is 5.26 Å². The van der Waals surface area contributed by atoms with Crippen molar-refractivity contribution in [3.63, 3.8) is 0 Å². The van der Waals surface area contributed by atoms with Gasteiger partial charge in [0.1, 0.15) is 5.75 Å². The molecule has 0 aliphatic carbocycles. The monoisotopic (exact) mass is 217 g/mol. The summed E-state index contributed by atoms with van der Waals surface area (Å²) in [6.07, 6.45) is 0. The Labute approximate surface area is 84.7 Å². The molecule has 0 N–H and O–H groups in total. The number of nitrogens with zero attached hydrogens (tertiary/aromatic N) is 1. The van der Waals surface area contributed by atoms with Gasteiger partial charge in [0.2, 0.25) is 0 Å². The number of halogens is 3. The Morgan fingerprint density at radius 2 is 2.14 bits per heavy atom. The normalized spacial score (nSPS) is 10.0. The molecule has 1 rings (SSSR count). The first-order valence-corrected chi connectivity index (χ1v) is 4.07. The van der Waals surface area contributed by atoms with Gasteiger partial charge >= 0.3 is 6.61 Å². The number of ether oxygens (including phenoxy) is 1. The number of rotatable bonds is 2. The van der Waals surface area contributed by atoms with E-state index in [0.29, 0.717) is 5.56 Å². The molecule has 0 aromatic heterocycles. The second-order valence-electron chi connectivity index (χ2n) is 2.57. The average Bonchev–Trinajstić information content (AvgIpc) is 2.09. The van der Waals surface area contributed by atoms with Crippen LogP contribution in [0.25, 0.3) is 0 Å². The molecule has 0 spiro atoms. The molecule has 1 aromatic rings. The Bertz CT molecular complexity index is 387. The van der Waals surface area contributed by atoms with Crippen molar-refractivity contribution in [3.05, 3.63) is 28.3 Å². The second-order valence-corrected chi connectivity index (χ2v) is 3.00. The molecular weight excluding hydrogens is 212 g/mol. The molecule has 0 aliphatic heterocycles. The molecule has 0 saturated heterocycles. The molecule has 0 unspecified atom stereocenters. The minimum Gasteiger partial charge on any atom is -0.434 e. The fourth-order valence-electron chi connectivity index (χ4n) is 0.989. The van der Waals surface area contributed by atoms with Gasteiger partial charge in [-0.05, 0) is 19.1 Å². The van der Waals surface area contributed by atoms with E-state index in [1.54, 1.807) is 0 Å². The Morgan fingerprint density at radius 1 is 1.50 bits per heavy atom. The quantitative estimate of drug-likeness (QED) is 0.763. The highest BCUT2D eigenvalue weighted by Gasteiger charge is 2.11. The van der Waals surface area contributed by atoms with Crippen LogP contribution >= 0.6 is 11.6 Å². The van der Waals surface area contributed by atoms with E-state index >= 15 is 0 Å². The van der Waals surface area contributed by atoms with E-state index in [2.05, 4.69) is 4.74 Å². The van der Waals surface area contributed by atoms with Crippen LogP contribution in [0.4, 0.5) is 8.78 Å². The summed E-state index contributed by atoms with van der Waals surface area (Å²) in [4.78, 5) is 0. The summed E-state index contributed by atoms with van der Waals surface area (Å²) in [5.41, 5.74) is 0.588. The molecule has 0 heterocycles. The molecule has 5 heteroatoms. The van der Waals surface area contributed by atoms with E-state index in [4.69, 9.17) is 16.9 Å². The Morgan fingerprint density at radius 3 is 2.64 bits per heavy atom. The molecule has 14 heavy (non-hydrogen) atoms. The smallest absolute Gasteiger partial charge is 0.387 e. The van der Waals surface area contributed by atoms with E-state index in [-0.39, 0.29) is 16.3 Å². The Kier molecular flexibility index (Phi) is 3.26. The predicted molar refractivity (Wildman–Crippen MR) is 47.5 cm³/mol. The molecule has 1 aromatic carbocycles. The lowest BCUT2D eigenvalue weighted by atomic mass is 10.1. The van der Waals surface area contributed by atoms with Crippen LogP contribution < -0.4 is 4.74 Å². The van der Waals surface area contributed by atoms with Crippen molar-refractivity contribution in [2.45, 2.75) is 13.5 Å². The summed E-state index contributed by atoms with van der Waals surface area (Å²) >= 11 is 5.61. The molecule has 0 fully saturated rings. The molecule has 0 bridgehead atoms. The van der Waals surface area contributed by atoms with Crippen molar-refractivity contribution in [2.24, 2.45) is 0 Å². The molecule has 0 atom stereocenters. The van der Waals surface area contributed by atoms with Gasteiger partial charge in [-0.1, -0.05) is 11.6 Å². The van der Waals surface area contributed by atoms with Gasteiger partial charge in [-0.25, -0.2) is 0 Å². The Balaban J connectivity index is 3.17. The third kappa shape index (κ3) is 2.33. The summed E-state index contributed by atoms with van der Waals surface area (Å²) in [6.45, 7) is -1.40. The summed E-state index contributed by atoms with van der Waals surface area (Å²) in [6, 6.07) is 4.49. The minimum atomic E-state index is -2.92. The summed E-state index contributed by atoms with van der Waals surface area (Å²) in [7, 11) is 0. The molecule has 2 nitrogen and oxygen atoms in total. The molecular formula is C9H6ClF2NO. The fraction of sp³-hybridized carbons (Fsp3) is 0.222. The van der Waals surface area contributed by atoms with Gasteiger partial charge in [0.05, 0.1) is 11.6 Å². The van der Waals surface area contributed by atoms with E-state index in [1.165, 1.54) is 19.1 Å². The number of alkyl halides is 2. The SMILES string of the molecule is Cc1c(C#N)cc(Cl)cc1OC(F)F. The summed E-state index contributed by atoms with van der Waals surface area (Å²) in [5, 5.41) is 8.85. The number of hydrogen-bond donors (Lipinski definition) is 0. The van der Waals surface area contributed by atoms with Gasteiger partial charge in [0, 0.05) is 10.6 Å². The first-order chi connectivity index (χ1) is 6.54. The van der Waals surface area contributed by atoms with Crippen LogP contribution in [0.5, 0.6) is 5.75 Å². The van der Waals surface area contributed by atoms with Gasteiger partial charge < -0.3 is 4.74 Å². The van der Waals surface area contributed by atoms with Crippen LogP contribution in [-0.2, 0) is 0 Å². The zero-order chi connectivity index (χ0) is 10.7. The molecule has 0 amide bonds. The maximum Gasteiger partial charge on any atom is 0.387 e. The fourth-order valence-corrected chi connectivity index (χ4v) is 1.20. The molecule has 0 radical (unpaired) electrons. The number of benzene rings is 1. The first-order valence-electron chi connectivity index (χ1n) is 3.69. The van der Waals surface area contributed by atoms with Crippen molar-refractivity contribution in [2.75, 3.05) is 0 Å². The summed E-state index contributed by atoms with van der Waals surface area (Å²) < 4.78 is 28.0. The van der Waals surface area contributed by atoms with Gasteiger partial charge in [0.25, 0.3) is 0 Å². The van der Waals surface area contributed by atoms with Crippen LogP contribution in [-0.4, -0.2) is 6.61 Å². The van der Waals surface area contributed by atoms with Crippen LogP contribution in [0, 0.1) is 18.3 Å². The maximum absolute atomic E-state index is 11.9. The third-order valence-electron chi connectivity index (χ3n) is 1.66. The highest BCUT2D eigenvalue weighted by atomic mass is 35.5. The second kappa shape index (κ2) is 4.25. The lowest BCUT2D eigenvalue weighted by Crippen LogP contribution is -2.04. The maximum atomic E-state index is 11.9. The highest BCUT2D eigenvalue weighted by Crippen LogP contribution is 2.27. The van der Waals surface area contributed by atoms with E-state index in [1.807, 2.05) is 6.07 Å². The van der Waals surface area contributed by atoms with Gasteiger partial charge in [0.15, 0.2) is 0 Å². The Hall–Kier alpha value is -1.34. The predicted octanol–water partition coefficient (Wildman–Crippen LogP) is 3.12. The topological polar surface area (TPSA) is 33.0 Å². The molecule has 0 saturated carbocycles. The van der Waals surface area contributed by atoms with Crippen molar-refractivity contribution in [1.82, 2.24) is 0 Å². The van der Waals surface area contributed by atoms with Gasteiger partial charge in [-0.15, -0.1) is 0 Å². The van der Waals surface area contributed by atoms with Crippen LogP contribution in [0.15, 0.2) is 12.1 Å². The van der Waals surface area contributed by atoms with Crippen molar-refractivity contribution < 1.29 is 13.5 Å². The largest absolute Gasteiger partial charge is 0.434 e. The van der Waals surface area contributed by atoms with Gasteiger partial charge in [-0.3, -0.25) is 0 Å². The number of nitriles is 1. The van der Waals surface area contributed by atoms with Crippen molar-refractivity contribution >= 4 is 11.6 Å². The standard InChI is InChI=1S/C9H6ClF2NO/c1-5-6(4-13)2-7(10)3-8(5)14-9(11)12/h2-3,9H,1H3. The minimum absolute atomic E-state index is 0.0657. The third-order valence-corrected chi connectivity index (χ3v) is 1.88. The molecule has 0 aliphatic rings. The zero-order valence-corrected chi connectivity index (χ0v) is 7.98. The number of hydrogen-bond acceptors (Lipinski definition) is 2. The lowest BCUT2D eigenvalue weighted by molar-refractivity contribution is -0.0502. The van der Waals surface area contributed by atoms with Crippen LogP contribution in [0.2, 0.25) is 5.02 Å². The lowest BCUT2D eigenvalue weighted by Gasteiger charge is -2.09. The van der Waals surface area contributed by atoms with E-state index in [0.717, 1.165) is 0 Å². The van der Waals surface area contributed by atoms with E-state index in [9.17, 15) is 8.78 Å².